The van der Waals surface area contributed by atoms with Crippen LogP contribution < -0.4 is 15.0 Å². The number of nitrogens with zero attached hydrogens (tertiary/aromatic N) is 4. The van der Waals surface area contributed by atoms with Gasteiger partial charge in [-0.15, -0.1) is 0 Å². The molecule has 8 nitrogen and oxygen atoms in total. The largest absolute Gasteiger partial charge is 0.492 e. The second-order valence-electron chi connectivity index (χ2n) is 5.71. The van der Waals surface area contributed by atoms with Crippen molar-refractivity contribution in [2.45, 2.75) is 6.92 Å². The lowest BCUT2D eigenvalue weighted by Gasteiger charge is -2.34. The van der Waals surface area contributed by atoms with Crippen molar-refractivity contribution in [1.82, 2.24) is 14.9 Å². The van der Waals surface area contributed by atoms with E-state index < -0.39 is 11.8 Å². The average Bonchev–Trinajstić information content (AvgIpc) is 2.70. The molecular formula is C18H21N5O3. The Morgan fingerprint density at radius 1 is 1.08 bits per heavy atom. The van der Waals surface area contributed by atoms with Gasteiger partial charge in [0.1, 0.15) is 5.75 Å². The number of benzene rings is 1. The molecular weight excluding hydrogens is 334 g/mol. The molecule has 8 heteroatoms. The van der Waals surface area contributed by atoms with E-state index in [1.54, 1.807) is 36.7 Å². The summed E-state index contributed by atoms with van der Waals surface area (Å²) in [5.41, 5.74) is 0.490. The molecule has 1 aromatic carbocycles. The molecule has 1 saturated heterocycles. The van der Waals surface area contributed by atoms with Crippen molar-refractivity contribution in [2.24, 2.45) is 0 Å². The summed E-state index contributed by atoms with van der Waals surface area (Å²) in [5, 5.41) is 2.64. The summed E-state index contributed by atoms with van der Waals surface area (Å²) < 4.78 is 5.47. The Morgan fingerprint density at radius 2 is 1.77 bits per heavy atom. The molecule has 0 saturated carbocycles. The highest BCUT2D eigenvalue weighted by atomic mass is 16.5. The van der Waals surface area contributed by atoms with E-state index >= 15 is 0 Å². The third-order valence-corrected chi connectivity index (χ3v) is 4.03. The Hall–Kier alpha value is -3.16. The van der Waals surface area contributed by atoms with Gasteiger partial charge < -0.3 is 19.9 Å². The molecule has 2 aromatic rings. The molecule has 0 radical (unpaired) electrons. The summed E-state index contributed by atoms with van der Waals surface area (Å²) in [6.07, 6.45) is 3.37. The number of nitrogens with one attached hydrogen (secondary N) is 1. The number of hydrogen-bond donors (Lipinski definition) is 1. The Labute approximate surface area is 151 Å². The third kappa shape index (κ3) is 4.08. The van der Waals surface area contributed by atoms with Crippen molar-refractivity contribution in [2.75, 3.05) is 43.0 Å². The van der Waals surface area contributed by atoms with Crippen LogP contribution in [0.1, 0.15) is 6.92 Å². The van der Waals surface area contributed by atoms with Gasteiger partial charge in [0, 0.05) is 38.6 Å². The summed E-state index contributed by atoms with van der Waals surface area (Å²) in [4.78, 5) is 36.7. The first kappa shape index (κ1) is 17.7. The van der Waals surface area contributed by atoms with Crippen molar-refractivity contribution < 1.29 is 14.3 Å². The van der Waals surface area contributed by atoms with Crippen molar-refractivity contribution in [3.63, 3.8) is 0 Å². The van der Waals surface area contributed by atoms with Gasteiger partial charge in [-0.1, -0.05) is 12.1 Å². The van der Waals surface area contributed by atoms with Crippen molar-refractivity contribution in [1.29, 1.82) is 0 Å². The van der Waals surface area contributed by atoms with Gasteiger partial charge in [-0.2, -0.15) is 0 Å². The number of piperazine rings is 1. The van der Waals surface area contributed by atoms with Crippen LogP contribution in [0.4, 0.5) is 11.6 Å². The zero-order chi connectivity index (χ0) is 18.4. The third-order valence-electron chi connectivity index (χ3n) is 4.03. The number of para-hydroxylation sites is 2. The monoisotopic (exact) mass is 355 g/mol. The minimum Gasteiger partial charge on any atom is -0.492 e. The molecule has 136 valence electrons. The van der Waals surface area contributed by atoms with Crippen LogP contribution in [-0.4, -0.2) is 59.5 Å². The van der Waals surface area contributed by atoms with E-state index in [9.17, 15) is 9.59 Å². The SMILES string of the molecule is CCOc1ccccc1NC(=O)C(=O)N1CCN(c2ncccn2)CC1. The molecule has 1 fully saturated rings. The minimum absolute atomic E-state index is 0.442. The fourth-order valence-corrected chi connectivity index (χ4v) is 2.73. The molecule has 1 aliphatic rings. The average molecular weight is 355 g/mol. The van der Waals surface area contributed by atoms with Crippen LogP contribution >= 0.6 is 0 Å². The molecule has 2 heterocycles. The van der Waals surface area contributed by atoms with Gasteiger partial charge in [0.05, 0.1) is 12.3 Å². The maximum atomic E-state index is 12.4. The van der Waals surface area contributed by atoms with Crippen LogP contribution in [0.15, 0.2) is 42.7 Å². The van der Waals surface area contributed by atoms with Crippen molar-refractivity contribution in [3.8, 4) is 5.75 Å². The Balaban J connectivity index is 1.58. The summed E-state index contributed by atoms with van der Waals surface area (Å²) in [6.45, 7) is 4.39. The fourth-order valence-electron chi connectivity index (χ4n) is 2.73. The van der Waals surface area contributed by atoms with Gasteiger partial charge in [-0.25, -0.2) is 9.97 Å². The molecule has 2 amide bonds. The molecule has 1 aliphatic heterocycles. The van der Waals surface area contributed by atoms with Crippen LogP contribution in [0.5, 0.6) is 5.75 Å². The maximum Gasteiger partial charge on any atom is 0.314 e. The number of anilines is 2. The zero-order valence-electron chi connectivity index (χ0n) is 14.6. The van der Waals surface area contributed by atoms with E-state index in [1.165, 1.54) is 4.90 Å². The summed E-state index contributed by atoms with van der Waals surface area (Å²) in [6, 6.07) is 8.81. The van der Waals surface area contributed by atoms with Crippen LogP contribution in [0, 0.1) is 0 Å². The lowest BCUT2D eigenvalue weighted by molar-refractivity contribution is -0.143. The first-order valence-corrected chi connectivity index (χ1v) is 8.53. The van der Waals surface area contributed by atoms with E-state index in [0.29, 0.717) is 50.2 Å². The zero-order valence-corrected chi connectivity index (χ0v) is 14.6. The topological polar surface area (TPSA) is 87.7 Å². The van der Waals surface area contributed by atoms with Crippen LogP contribution in [0.2, 0.25) is 0 Å². The lowest BCUT2D eigenvalue weighted by atomic mass is 10.2. The number of carbonyl (C=O) groups excluding carboxylic acids is 2. The molecule has 0 atom stereocenters. The number of amides is 2. The van der Waals surface area contributed by atoms with Gasteiger partial charge in [-0.3, -0.25) is 9.59 Å². The molecule has 26 heavy (non-hydrogen) atoms. The quantitative estimate of drug-likeness (QED) is 0.828. The molecule has 1 N–H and O–H groups in total. The maximum absolute atomic E-state index is 12.4. The first-order chi connectivity index (χ1) is 12.7. The van der Waals surface area contributed by atoms with Crippen LogP contribution in [-0.2, 0) is 9.59 Å². The van der Waals surface area contributed by atoms with Crippen molar-refractivity contribution in [3.05, 3.63) is 42.7 Å². The number of aromatic nitrogens is 2. The van der Waals surface area contributed by atoms with Crippen LogP contribution in [0.25, 0.3) is 0 Å². The van der Waals surface area contributed by atoms with E-state index in [0.717, 1.165) is 0 Å². The molecule has 0 bridgehead atoms. The van der Waals surface area contributed by atoms with Crippen LogP contribution in [0.3, 0.4) is 0 Å². The molecule has 3 rings (SSSR count). The molecule has 0 aliphatic carbocycles. The highest BCUT2D eigenvalue weighted by Gasteiger charge is 2.27. The standard InChI is InChI=1S/C18H21N5O3/c1-2-26-15-7-4-3-6-14(15)21-16(24)17(25)22-10-12-23(13-11-22)18-19-8-5-9-20-18/h3-9H,2,10-13H2,1H3,(H,21,24). The number of rotatable bonds is 4. The number of hydrogen-bond acceptors (Lipinski definition) is 6. The van der Waals surface area contributed by atoms with Gasteiger partial charge >= 0.3 is 11.8 Å². The number of ether oxygens (including phenoxy) is 1. The van der Waals surface area contributed by atoms with Gasteiger partial charge in [0.15, 0.2) is 0 Å². The van der Waals surface area contributed by atoms with Gasteiger partial charge in [-0.05, 0) is 25.1 Å². The Kier molecular flexibility index (Phi) is 5.62. The van der Waals surface area contributed by atoms with E-state index in [-0.39, 0.29) is 0 Å². The van der Waals surface area contributed by atoms with E-state index in [1.807, 2.05) is 17.9 Å². The highest BCUT2D eigenvalue weighted by molar-refractivity contribution is 6.39. The highest BCUT2D eigenvalue weighted by Crippen LogP contribution is 2.23. The lowest BCUT2D eigenvalue weighted by Crippen LogP contribution is -2.52. The normalized spacial score (nSPS) is 14.0. The molecule has 0 spiro atoms. The second kappa shape index (κ2) is 8.28. The van der Waals surface area contributed by atoms with Gasteiger partial charge in [0.2, 0.25) is 5.95 Å². The molecule has 1 aromatic heterocycles. The van der Waals surface area contributed by atoms with Gasteiger partial charge in [0.25, 0.3) is 0 Å². The minimum atomic E-state index is -0.665. The fraction of sp³-hybridized carbons (Fsp3) is 0.333. The summed E-state index contributed by atoms with van der Waals surface area (Å²) in [7, 11) is 0. The predicted octanol–water partition coefficient (Wildman–Crippen LogP) is 1.16. The molecule has 0 unspecified atom stereocenters. The number of carbonyl (C=O) groups is 2. The predicted molar refractivity (Wildman–Crippen MR) is 97.1 cm³/mol. The Bertz CT molecular complexity index is 760. The van der Waals surface area contributed by atoms with Crippen molar-refractivity contribution >= 4 is 23.5 Å². The second-order valence-corrected chi connectivity index (χ2v) is 5.71. The summed E-state index contributed by atoms with van der Waals surface area (Å²) in [5.74, 6) is -0.0385. The van der Waals surface area contributed by atoms with E-state index in [4.69, 9.17) is 4.74 Å². The summed E-state index contributed by atoms with van der Waals surface area (Å²) >= 11 is 0. The van der Waals surface area contributed by atoms with E-state index in [2.05, 4.69) is 15.3 Å². The Morgan fingerprint density at radius 3 is 2.46 bits per heavy atom. The smallest absolute Gasteiger partial charge is 0.314 e. The first-order valence-electron chi connectivity index (χ1n) is 8.53.